The fraction of sp³-hybridized carbons (Fsp3) is 0.158. The minimum absolute atomic E-state index is 0.380. The van der Waals surface area contributed by atoms with E-state index in [2.05, 4.69) is 61.5 Å². The monoisotopic (exact) mass is 262 g/mol. The maximum absolute atomic E-state index is 5.21. The summed E-state index contributed by atoms with van der Waals surface area (Å²) in [5.41, 5.74) is 2.65. The quantitative estimate of drug-likeness (QED) is 0.645. The van der Waals surface area contributed by atoms with Gasteiger partial charge in [0.15, 0.2) is 0 Å². The zero-order valence-corrected chi connectivity index (χ0v) is 11.8. The highest BCUT2D eigenvalue weighted by Crippen LogP contribution is 2.28. The van der Waals surface area contributed by atoms with Crippen LogP contribution in [0, 0.1) is 0 Å². The van der Waals surface area contributed by atoms with Crippen molar-refractivity contribution in [2.75, 3.05) is 7.11 Å². The summed E-state index contributed by atoms with van der Waals surface area (Å²) in [5, 5.41) is 2.59. The molecular formula is C19H18O. The molecule has 0 aliphatic rings. The Morgan fingerprint density at radius 3 is 2.10 bits per heavy atom. The van der Waals surface area contributed by atoms with Crippen LogP contribution in [0.5, 0.6) is 5.75 Å². The van der Waals surface area contributed by atoms with Crippen LogP contribution >= 0.6 is 0 Å². The van der Waals surface area contributed by atoms with Crippen LogP contribution in [-0.2, 0) is 0 Å². The highest BCUT2D eigenvalue weighted by Gasteiger charge is 2.09. The van der Waals surface area contributed by atoms with E-state index in [1.54, 1.807) is 7.11 Å². The van der Waals surface area contributed by atoms with Gasteiger partial charge in [-0.1, -0.05) is 61.5 Å². The molecule has 0 N–H and O–H groups in total. The van der Waals surface area contributed by atoms with Crippen LogP contribution in [0.3, 0.4) is 0 Å². The van der Waals surface area contributed by atoms with Crippen LogP contribution in [0.1, 0.15) is 24.0 Å². The Labute approximate surface area is 119 Å². The summed E-state index contributed by atoms with van der Waals surface area (Å²) in [6, 6.07) is 23.5. The van der Waals surface area contributed by atoms with Gasteiger partial charge in [0.25, 0.3) is 0 Å². The van der Waals surface area contributed by atoms with Crippen LogP contribution in [-0.4, -0.2) is 7.11 Å². The number of hydrogen-bond donors (Lipinski definition) is 0. The number of rotatable bonds is 3. The number of benzene rings is 3. The molecule has 1 nitrogen and oxygen atoms in total. The van der Waals surface area contributed by atoms with Crippen LogP contribution in [0.25, 0.3) is 10.8 Å². The molecule has 0 bridgehead atoms. The van der Waals surface area contributed by atoms with Gasteiger partial charge in [-0.15, -0.1) is 0 Å². The van der Waals surface area contributed by atoms with E-state index in [0.717, 1.165) is 5.75 Å². The summed E-state index contributed by atoms with van der Waals surface area (Å²) in [7, 11) is 1.70. The van der Waals surface area contributed by atoms with Crippen molar-refractivity contribution in [2.45, 2.75) is 12.8 Å². The fourth-order valence-corrected chi connectivity index (χ4v) is 2.56. The normalized spacial score (nSPS) is 12.3. The van der Waals surface area contributed by atoms with Crippen molar-refractivity contribution in [2.24, 2.45) is 0 Å². The average Bonchev–Trinajstić information content (AvgIpc) is 2.54. The molecule has 0 aliphatic carbocycles. The Kier molecular flexibility index (Phi) is 3.42. The van der Waals surface area contributed by atoms with Crippen LogP contribution in [0.4, 0.5) is 0 Å². The molecule has 1 unspecified atom stereocenters. The Bertz CT molecular complexity index is 713. The molecule has 20 heavy (non-hydrogen) atoms. The van der Waals surface area contributed by atoms with Gasteiger partial charge in [0.1, 0.15) is 5.75 Å². The molecule has 1 heteroatoms. The van der Waals surface area contributed by atoms with Gasteiger partial charge in [-0.3, -0.25) is 0 Å². The standard InChI is InChI=1S/C19H18O/c1-14(15-9-11-19(20-2)12-10-15)17-8-7-16-5-3-4-6-18(16)13-17/h3-14H,1-2H3. The van der Waals surface area contributed by atoms with Gasteiger partial charge in [-0.05, 0) is 34.0 Å². The molecule has 0 fully saturated rings. The van der Waals surface area contributed by atoms with Gasteiger partial charge in [0.05, 0.1) is 7.11 Å². The molecule has 0 saturated heterocycles. The van der Waals surface area contributed by atoms with E-state index in [9.17, 15) is 0 Å². The van der Waals surface area contributed by atoms with Gasteiger partial charge in [-0.25, -0.2) is 0 Å². The predicted octanol–water partition coefficient (Wildman–Crippen LogP) is 5.00. The van der Waals surface area contributed by atoms with Crippen molar-refractivity contribution in [3.05, 3.63) is 77.9 Å². The number of ether oxygens (including phenoxy) is 1. The van der Waals surface area contributed by atoms with Crippen LogP contribution in [0.2, 0.25) is 0 Å². The molecule has 0 aliphatic heterocycles. The lowest BCUT2D eigenvalue weighted by molar-refractivity contribution is 0.414. The zero-order valence-electron chi connectivity index (χ0n) is 11.8. The molecule has 0 spiro atoms. The van der Waals surface area contributed by atoms with Gasteiger partial charge in [-0.2, -0.15) is 0 Å². The first-order chi connectivity index (χ1) is 9.78. The third-order valence-corrected chi connectivity index (χ3v) is 3.89. The van der Waals surface area contributed by atoms with E-state index in [1.165, 1.54) is 21.9 Å². The van der Waals surface area contributed by atoms with Gasteiger partial charge < -0.3 is 4.74 Å². The summed E-state index contributed by atoms with van der Waals surface area (Å²) in [6.45, 7) is 2.24. The maximum Gasteiger partial charge on any atom is 0.118 e. The molecule has 0 amide bonds. The van der Waals surface area contributed by atoms with E-state index in [0.29, 0.717) is 5.92 Å². The fourth-order valence-electron chi connectivity index (χ4n) is 2.56. The van der Waals surface area contributed by atoms with Crippen molar-refractivity contribution in [3.8, 4) is 5.75 Å². The minimum atomic E-state index is 0.380. The minimum Gasteiger partial charge on any atom is -0.497 e. The lowest BCUT2D eigenvalue weighted by atomic mass is 9.91. The third kappa shape index (κ3) is 2.39. The summed E-state index contributed by atoms with van der Waals surface area (Å²) < 4.78 is 5.21. The number of fused-ring (bicyclic) bond motifs is 1. The first-order valence-electron chi connectivity index (χ1n) is 6.90. The second-order valence-corrected chi connectivity index (χ2v) is 5.10. The van der Waals surface area contributed by atoms with Gasteiger partial charge >= 0.3 is 0 Å². The Morgan fingerprint density at radius 2 is 1.40 bits per heavy atom. The highest BCUT2D eigenvalue weighted by molar-refractivity contribution is 5.83. The topological polar surface area (TPSA) is 9.23 Å². The molecule has 3 rings (SSSR count). The lowest BCUT2D eigenvalue weighted by Gasteiger charge is -2.14. The Hall–Kier alpha value is -2.28. The van der Waals surface area contributed by atoms with E-state index < -0.39 is 0 Å². The van der Waals surface area contributed by atoms with E-state index in [-0.39, 0.29) is 0 Å². The molecule has 0 saturated carbocycles. The molecule has 100 valence electrons. The predicted molar refractivity (Wildman–Crippen MR) is 84.5 cm³/mol. The zero-order chi connectivity index (χ0) is 13.9. The lowest BCUT2D eigenvalue weighted by Crippen LogP contribution is -1.96. The molecule has 0 radical (unpaired) electrons. The Balaban J connectivity index is 1.96. The smallest absolute Gasteiger partial charge is 0.118 e. The summed E-state index contributed by atoms with van der Waals surface area (Å²) in [4.78, 5) is 0. The first-order valence-corrected chi connectivity index (χ1v) is 6.90. The van der Waals surface area contributed by atoms with Crippen molar-refractivity contribution < 1.29 is 4.74 Å². The largest absolute Gasteiger partial charge is 0.497 e. The second kappa shape index (κ2) is 5.38. The highest BCUT2D eigenvalue weighted by atomic mass is 16.5. The molecular weight excluding hydrogens is 244 g/mol. The van der Waals surface area contributed by atoms with Gasteiger partial charge in [0.2, 0.25) is 0 Å². The maximum atomic E-state index is 5.21. The van der Waals surface area contributed by atoms with Crippen molar-refractivity contribution in [3.63, 3.8) is 0 Å². The second-order valence-electron chi connectivity index (χ2n) is 5.10. The van der Waals surface area contributed by atoms with E-state index in [1.807, 2.05) is 12.1 Å². The van der Waals surface area contributed by atoms with Crippen LogP contribution < -0.4 is 4.74 Å². The number of hydrogen-bond acceptors (Lipinski definition) is 1. The van der Waals surface area contributed by atoms with E-state index in [4.69, 9.17) is 4.74 Å². The first kappa shape index (κ1) is 12.7. The van der Waals surface area contributed by atoms with Gasteiger partial charge in [0, 0.05) is 5.92 Å². The molecule has 3 aromatic rings. The molecule has 0 heterocycles. The SMILES string of the molecule is COc1ccc(C(C)c2ccc3ccccc3c2)cc1. The summed E-state index contributed by atoms with van der Waals surface area (Å²) >= 11 is 0. The number of methoxy groups -OCH3 is 1. The van der Waals surface area contributed by atoms with E-state index >= 15 is 0 Å². The van der Waals surface area contributed by atoms with Crippen LogP contribution in [0.15, 0.2) is 66.7 Å². The summed E-state index contributed by atoms with van der Waals surface area (Å²) in [6.07, 6.45) is 0. The molecule has 1 atom stereocenters. The molecule has 3 aromatic carbocycles. The average molecular weight is 262 g/mol. The molecule has 0 aromatic heterocycles. The third-order valence-electron chi connectivity index (χ3n) is 3.89. The van der Waals surface area contributed by atoms with Crippen molar-refractivity contribution in [1.29, 1.82) is 0 Å². The van der Waals surface area contributed by atoms with Crippen molar-refractivity contribution in [1.82, 2.24) is 0 Å². The Morgan fingerprint density at radius 1 is 0.750 bits per heavy atom. The summed E-state index contributed by atoms with van der Waals surface area (Å²) in [5.74, 6) is 1.28. The van der Waals surface area contributed by atoms with Crippen molar-refractivity contribution >= 4 is 10.8 Å².